The number of piperidine rings is 1. The first-order valence-corrected chi connectivity index (χ1v) is 9.64. The van der Waals surface area contributed by atoms with Crippen LogP contribution in [-0.2, 0) is 9.47 Å². The lowest BCUT2D eigenvalue weighted by molar-refractivity contribution is -0.195. The maximum absolute atomic E-state index is 6.43. The molecule has 128 valence electrons. The number of hydrogen-bond acceptors (Lipinski definition) is 3. The van der Waals surface area contributed by atoms with E-state index in [1.165, 1.54) is 45.2 Å². The van der Waals surface area contributed by atoms with Crippen molar-refractivity contribution in [2.45, 2.75) is 77.6 Å². The van der Waals surface area contributed by atoms with Crippen molar-refractivity contribution in [3.05, 3.63) is 0 Å². The number of hydrogen-bond donors (Lipinski definition) is 0. The molecule has 0 amide bonds. The number of nitrogens with zero attached hydrogens (tertiary/aromatic N) is 1. The first kappa shape index (κ1) is 16.7. The second-order valence-electron chi connectivity index (χ2n) is 8.19. The quantitative estimate of drug-likeness (QED) is 0.781. The first-order chi connectivity index (χ1) is 10.6. The normalized spacial score (nSPS) is 41.9. The van der Waals surface area contributed by atoms with Crippen molar-refractivity contribution < 1.29 is 9.47 Å². The maximum atomic E-state index is 6.43. The van der Waals surface area contributed by atoms with Crippen molar-refractivity contribution in [3.8, 4) is 0 Å². The summed E-state index contributed by atoms with van der Waals surface area (Å²) in [5.74, 6) is 2.35. The van der Waals surface area contributed by atoms with Crippen LogP contribution in [0.4, 0.5) is 0 Å². The number of ether oxygens (including phenoxy) is 2. The van der Waals surface area contributed by atoms with E-state index in [4.69, 9.17) is 9.47 Å². The van der Waals surface area contributed by atoms with E-state index in [9.17, 15) is 0 Å². The number of rotatable bonds is 4. The van der Waals surface area contributed by atoms with Crippen molar-refractivity contribution in [1.82, 2.24) is 4.90 Å². The zero-order valence-electron chi connectivity index (χ0n) is 14.9. The van der Waals surface area contributed by atoms with E-state index in [-0.39, 0.29) is 5.79 Å². The van der Waals surface area contributed by atoms with Gasteiger partial charge in [-0.3, -0.25) is 0 Å². The van der Waals surface area contributed by atoms with Crippen LogP contribution >= 0.6 is 0 Å². The summed E-state index contributed by atoms with van der Waals surface area (Å²) in [7, 11) is 0. The van der Waals surface area contributed by atoms with E-state index in [0.717, 1.165) is 43.7 Å². The van der Waals surface area contributed by atoms with Gasteiger partial charge >= 0.3 is 0 Å². The molecule has 3 fully saturated rings. The summed E-state index contributed by atoms with van der Waals surface area (Å²) in [6.07, 6.45) is 9.10. The Kier molecular flexibility index (Phi) is 5.47. The molecule has 2 heterocycles. The highest BCUT2D eigenvalue weighted by Crippen LogP contribution is 2.42. The number of likely N-dealkylation sites (tertiary alicyclic amines) is 1. The van der Waals surface area contributed by atoms with E-state index < -0.39 is 0 Å². The van der Waals surface area contributed by atoms with Crippen LogP contribution in [0.25, 0.3) is 0 Å². The largest absolute Gasteiger partial charge is 0.347 e. The molecule has 3 rings (SSSR count). The van der Waals surface area contributed by atoms with Gasteiger partial charge in [0.25, 0.3) is 0 Å². The molecule has 0 bridgehead atoms. The molecule has 1 saturated carbocycles. The topological polar surface area (TPSA) is 21.7 Å². The van der Waals surface area contributed by atoms with Gasteiger partial charge in [-0.15, -0.1) is 0 Å². The zero-order chi connectivity index (χ0) is 15.6. The van der Waals surface area contributed by atoms with Gasteiger partial charge in [-0.2, -0.15) is 0 Å². The van der Waals surface area contributed by atoms with E-state index in [0.29, 0.717) is 6.10 Å². The van der Waals surface area contributed by atoms with Crippen molar-refractivity contribution in [1.29, 1.82) is 0 Å². The molecule has 0 radical (unpaired) electrons. The smallest absolute Gasteiger partial charge is 0.168 e. The second-order valence-corrected chi connectivity index (χ2v) is 8.19. The van der Waals surface area contributed by atoms with Gasteiger partial charge in [0.05, 0.1) is 12.7 Å². The van der Waals surface area contributed by atoms with Crippen LogP contribution in [0.5, 0.6) is 0 Å². The molecule has 0 aromatic rings. The molecule has 1 aliphatic carbocycles. The van der Waals surface area contributed by atoms with Crippen LogP contribution in [0.15, 0.2) is 0 Å². The van der Waals surface area contributed by atoms with Gasteiger partial charge in [-0.25, -0.2) is 0 Å². The van der Waals surface area contributed by atoms with Crippen LogP contribution in [0.2, 0.25) is 0 Å². The molecule has 0 aromatic heterocycles. The minimum absolute atomic E-state index is 0.226. The Bertz CT molecular complexity index is 351. The SMILES string of the molecule is CCC(C)C1CCC2(CC1)OCC(CN1CCCC(C)C1)O2. The van der Waals surface area contributed by atoms with E-state index in [2.05, 4.69) is 25.7 Å². The molecule has 3 nitrogen and oxygen atoms in total. The van der Waals surface area contributed by atoms with Gasteiger partial charge in [0.1, 0.15) is 0 Å². The fourth-order valence-electron chi connectivity index (χ4n) is 4.69. The monoisotopic (exact) mass is 309 g/mol. The third-order valence-electron chi connectivity index (χ3n) is 6.36. The van der Waals surface area contributed by atoms with Gasteiger partial charge in [0.15, 0.2) is 5.79 Å². The highest BCUT2D eigenvalue weighted by molar-refractivity contribution is 4.87. The molecule has 0 aromatic carbocycles. The third kappa shape index (κ3) is 3.85. The molecular weight excluding hydrogens is 274 g/mol. The van der Waals surface area contributed by atoms with Gasteiger partial charge in [0.2, 0.25) is 0 Å². The predicted octanol–water partition coefficient (Wildman–Crippen LogP) is 4.07. The maximum Gasteiger partial charge on any atom is 0.168 e. The fourth-order valence-corrected chi connectivity index (χ4v) is 4.69. The highest BCUT2D eigenvalue weighted by atomic mass is 16.7. The Morgan fingerprint density at radius 2 is 2.00 bits per heavy atom. The standard InChI is InChI=1S/C19H35NO2/c1-4-16(3)17-7-9-19(10-8-17)21-14-18(22-19)13-20-11-5-6-15(2)12-20/h15-18H,4-14H2,1-3H3. The molecule has 3 atom stereocenters. The molecule has 2 saturated heterocycles. The van der Waals surface area contributed by atoms with Gasteiger partial charge in [-0.1, -0.05) is 27.2 Å². The zero-order valence-corrected chi connectivity index (χ0v) is 14.9. The first-order valence-electron chi connectivity index (χ1n) is 9.64. The van der Waals surface area contributed by atoms with Gasteiger partial charge in [0, 0.05) is 25.9 Å². The molecule has 1 spiro atoms. The van der Waals surface area contributed by atoms with Crippen LogP contribution in [0.1, 0.15) is 65.7 Å². The van der Waals surface area contributed by atoms with Crippen molar-refractivity contribution in [2.75, 3.05) is 26.2 Å². The Morgan fingerprint density at radius 1 is 1.23 bits per heavy atom. The summed E-state index contributed by atoms with van der Waals surface area (Å²) in [5.41, 5.74) is 0. The predicted molar refractivity (Wildman–Crippen MR) is 89.8 cm³/mol. The van der Waals surface area contributed by atoms with Crippen LogP contribution in [0, 0.1) is 17.8 Å². The highest BCUT2D eigenvalue weighted by Gasteiger charge is 2.45. The van der Waals surface area contributed by atoms with Crippen molar-refractivity contribution in [2.24, 2.45) is 17.8 Å². The summed E-state index contributed by atoms with van der Waals surface area (Å²) >= 11 is 0. The molecule has 0 N–H and O–H groups in total. The minimum atomic E-state index is -0.226. The average molecular weight is 309 g/mol. The van der Waals surface area contributed by atoms with E-state index >= 15 is 0 Å². The lowest BCUT2D eigenvalue weighted by Gasteiger charge is -2.38. The van der Waals surface area contributed by atoms with Gasteiger partial charge < -0.3 is 14.4 Å². The third-order valence-corrected chi connectivity index (χ3v) is 6.36. The summed E-state index contributed by atoms with van der Waals surface area (Å²) in [5, 5.41) is 0. The van der Waals surface area contributed by atoms with E-state index in [1.807, 2.05) is 0 Å². The van der Waals surface area contributed by atoms with Crippen LogP contribution in [0.3, 0.4) is 0 Å². The molecule has 22 heavy (non-hydrogen) atoms. The summed E-state index contributed by atoms with van der Waals surface area (Å²) in [6.45, 7) is 11.4. The molecule has 3 unspecified atom stereocenters. The lowest BCUT2D eigenvalue weighted by atomic mass is 9.77. The van der Waals surface area contributed by atoms with Gasteiger partial charge in [-0.05, 0) is 50.0 Å². The fraction of sp³-hybridized carbons (Fsp3) is 1.00. The molecular formula is C19H35NO2. The Labute approximate surface area is 136 Å². The Balaban J connectivity index is 1.46. The summed E-state index contributed by atoms with van der Waals surface area (Å²) in [6, 6.07) is 0. The van der Waals surface area contributed by atoms with Crippen molar-refractivity contribution >= 4 is 0 Å². The molecule has 2 aliphatic heterocycles. The second kappa shape index (κ2) is 7.19. The van der Waals surface area contributed by atoms with Crippen molar-refractivity contribution in [3.63, 3.8) is 0 Å². The Morgan fingerprint density at radius 3 is 2.68 bits per heavy atom. The average Bonchev–Trinajstić information content (AvgIpc) is 2.90. The van der Waals surface area contributed by atoms with Crippen LogP contribution < -0.4 is 0 Å². The molecule has 3 heteroatoms. The van der Waals surface area contributed by atoms with E-state index in [1.54, 1.807) is 0 Å². The summed E-state index contributed by atoms with van der Waals surface area (Å²) in [4.78, 5) is 2.59. The summed E-state index contributed by atoms with van der Waals surface area (Å²) < 4.78 is 12.6. The van der Waals surface area contributed by atoms with Crippen LogP contribution in [-0.4, -0.2) is 43.0 Å². The minimum Gasteiger partial charge on any atom is -0.347 e. The Hall–Kier alpha value is -0.120. The lowest BCUT2D eigenvalue weighted by Crippen LogP contribution is -2.42. The molecule has 3 aliphatic rings.